The maximum absolute atomic E-state index is 14.5. The van der Waals surface area contributed by atoms with Crippen LogP contribution in [0.25, 0.3) is 11.3 Å². The first kappa shape index (κ1) is 27.5. The molecule has 6 rings (SSSR count). The van der Waals surface area contributed by atoms with Crippen LogP contribution in [-0.2, 0) is 10.2 Å². The maximum atomic E-state index is 14.5. The summed E-state index contributed by atoms with van der Waals surface area (Å²) in [5, 5.41) is 6.61. The lowest BCUT2D eigenvalue weighted by molar-refractivity contribution is -0.125. The number of hydrogen-bond donors (Lipinski definition) is 2. The van der Waals surface area contributed by atoms with E-state index < -0.39 is 11.2 Å². The molecule has 7 nitrogen and oxygen atoms in total. The van der Waals surface area contributed by atoms with Crippen molar-refractivity contribution in [1.29, 1.82) is 0 Å². The van der Waals surface area contributed by atoms with Gasteiger partial charge in [-0.1, -0.05) is 38.8 Å². The Balaban J connectivity index is 1.43. The third-order valence-electron chi connectivity index (χ3n) is 9.11. The summed E-state index contributed by atoms with van der Waals surface area (Å²) in [6.07, 6.45) is 11.6. The van der Waals surface area contributed by atoms with Gasteiger partial charge in [0, 0.05) is 35.3 Å². The number of fused-ring (bicyclic) bond motifs is 2. The Hall–Kier alpha value is -3.65. The number of hydrogen-bond acceptors (Lipinski definition) is 6. The molecule has 2 aliphatic heterocycles. The van der Waals surface area contributed by atoms with E-state index in [9.17, 15) is 9.18 Å². The van der Waals surface area contributed by atoms with Gasteiger partial charge < -0.3 is 15.5 Å². The first-order valence-corrected chi connectivity index (χ1v) is 15.0. The van der Waals surface area contributed by atoms with E-state index in [1.54, 1.807) is 12.3 Å². The molecule has 8 heteroatoms. The van der Waals surface area contributed by atoms with E-state index in [2.05, 4.69) is 45.6 Å². The zero-order chi connectivity index (χ0) is 28.6. The van der Waals surface area contributed by atoms with Gasteiger partial charge in [0.05, 0.1) is 28.7 Å². The molecule has 1 spiro atoms. The fourth-order valence-corrected chi connectivity index (χ4v) is 6.80. The van der Waals surface area contributed by atoms with Crippen molar-refractivity contribution in [1.82, 2.24) is 15.3 Å². The van der Waals surface area contributed by atoms with E-state index in [1.165, 1.54) is 19.0 Å². The van der Waals surface area contributed by atoms with Gasteiger partial charge in [0.25, 0.3) is 0 Å². The molecule has 41 heavy (non-hydrogen) atoms. The molecule has 0 radical (unpaired) electrons. The van der Waals surface area contributed by atoms with Crippen LogP contribution in [0.1, 0.15) is 69.9 Å². The molecular formula is C33H39FN6O. The number of nitrogens with zero attached hydrogens (tertiary/aromatic N) is 4. The summed E-state index contributed by atoms with van der Waals surface area (Å²) in [6.45, 7) is 7.92. The second-order valence-electron chi connectivity index (χ2n) is 11.7. The number of aromatic nitrogens is 2. The van der Waals surface area contributed by atoms with Crippen LogP contribution in [0.4, 0.5) is 27.3 Å². The number of carbonyl (C=O) groups is 1. The second-order valence-corrected chi connectivity index (χ2v) is 11.7. The smallest absolute Gasteiger partial charge is 0.238 e. The summed E-state index contributed by atoms with van der Waals surface area (Å²) >= 11 is 0. The lowest BCUT2D eigenvalue weighted by Gasteiger charge is -2.43. The largest absolute Gasteiger partial charge is 0.337 e. The Morgan fingerprint density at radius 3 is 2.73 bits per heavy atom. The number of benzene rings is 1. The predicted octanol–water partition coefficient (Wildman–Crippen LogP) is 6.99. The molecule has 0 bridgehead atoms. The molecule has 1 aromatic carbocycles. The van der Waals surface area contributed by atoms with Crippen molar-refractivity contribution in [3.8, 4) is 11.3 Å². The van der Waals surface area contributed by atoms with E-state index in [-0.39, 0.29) is 11.9 Å². The number of rotatable bonds is 8. The minimum atomic E-state index is -0.447. The van der Waals surface area contributed by atoms with Gasteiger partial charge in [0.2, 0.25) is 5.91 Å². The Morgan fingerprint density at radius 2 is 2.00 bits per heavy atom. The zero-order valence-electron chi connectivity index (χ0n) is 24.2. The van der Waals surface area contributed by atoms with Crippen LogP contribution in [0.5, 0.6) is 0 Å². The molecular weight excluding hydrogens is 515 g/mol. The number of anilines is 3. The van der Waals surface area contributed by atoms with Gasteiger partial charge >= 0.3 is 0 Å². The quantitative estimate of drug-likeness (QED) is 0.293. The molecule has 1 amide bonds. The van der Waals surface area contributed by atoms with Crippen LogP contribution in [0.2, 0.25) is 0 Å². The number of nitrogens with one attached hydrogen (secondary N) is 2. The highest BCUT2D eigenvalue weighted by Gasteiger charge is 2.54. The normalized spacial score (nSPS) is 21.4. The highest BCUT2D eigenvalue weighted by atomic mass is 19.1. The van der Waals surface area contributed by atoms with Crippen LogP contribution in [-0.4, -0.2) is 41.2 Å². The van der Waals surface area contributed by atoms with Crippen LogP contribution in [0.3, 0.4) is 0 Å². The van der Waals surface area contributed by atoms with Crippen LogP contribution in [0.15, 0.2) is 47.7 Å². The fourth-order valence-electron chi connectivity index (χ4n) is 6.80. The molecule has 2 fully saturated rings. The second kappa shape index (κ2) is 11.3. The van der Waals surface area contributed by atoms with Gasteiger partial charge in [-0.3, -0.25) is 14.8 Å². The van der Waals surface area contributed by atoms with Crippen LogP contribution >= 0.6 is 0 Å². The summed E-state index contributed by atoms with van der Waals surface area (Å²) in [6, 6.07) is 10.2. The Kier molecular flexibility index (Phi) is 7.60. The van der Waals surface area contributed by atoms with Gasteiger partial charge in [-0.2, -0.15) is 0 Å². The monoisotopic (exact) mass is 554 g/mol. The minimum Gasteiger partial charge on any atom is -0.337 e. The number of pyridine rings is 2. The van der Waals surface area contributed by atoms with Gasteiger partial charge in [0.15, 0.2) is 5.82 Å². The minimum absolute atomic E-state index is 0.255. The Bertz CT molecular complexity index is 1470. The predicted molar refractivity (Wildman–Crippen MR) is 163 cm³/mol. The first-order valence-electron chi connectivity index (χ1n) is 15.0. The number of amides is 1. The van der Waals surface area contributed by atoms with Crippen molar-refractivity contribution in [2.75, 3.05) is 23.3 Å². The highest BCUT2D eigenvalue weighted by Crippen LogP contribution is 2.52. The number of carbonyl (C=O) groups excluding carboxylic acids is 1. The molecule has 1 saturated carbocycles. The molecule has 2 aromatic heterocycles. The summed E-state index contributed by atoms with van der Waals surface area (Å²) in [5.41, 5.74) is 5.31. The van der Waals surface area contributed by atoms with Gasteiger partial charge in [-0.25, -0.2) is 9.37 Å². The van der Waals surface area contributed by atoms with E-state index in [0.717, 1.165) is 79.0 Å². The SMILES string of the molecule is CCC=Nc1cc(-c2ccc3c(c2)N(C2CC(CCC)C2)C(=O)C32CCNCC2)nc(Nc2ccncc2F)c1C. The molecule has 1 saturated heterocycles. The summed E-state index contributed by atoms with van der Waals surface area (Å²) in [5.74, 6) is 1.07. The maximum Gasteiger partial charge on any atom is 0.238 e. The summed E-state index contributed by atoms with van der Waals surface area (Å²) in [4.78, 5) is 29.8. The van der Waals surface area contributed by atoms with E-state index >= 15 is 0 Å². The highest BCUT2D eigenvalue weighted by molar-refractivity contribution is 6.09. The Labute approximate surface area is 241 Å². The van der Waals surface area contributed by atoms with Crippen molar-refractivity contribution < 1.29 is 9.18 Å². The lowest BCUT2D eigenvalue weighted by atomic mass is 9.73. The third kappa shape index (κ3) is 4.92. The molecule has 214 valence electrons. The van der Waals surface area contributed by atoms with Gasteiger partial charge in [0.1, 0.15) is 5.82 Å². The first-order chi connectivity index (χ1) is 19.9. The van der Waals surface area contributed by atoms with Crippen LogP contribution in [0, 0.1) is 18.7 Å². The van der Waals surface area contributed by atoms with Crippen LogP contribution < -0.4 is 15.5 Å². The molecule has 0 unspecified atom stereocenters. The van der Waals surface area contributed by atoms with Gasteiger partial charge in [-0.05, 0) is 81.8 Å². The summed E-state index contributed by atoms with van der Waals surface area (Å²) < 4.78 is 14.5. The van der Waals surface area contributed by atoms with Crippen molar-refractivity contribution in [2.24, 2.45) is 10.9 Å². The van der Waals surface area contributed by atoms with E-state index in [4.69, 9.17) is 9.98 Å². The van der Waals surface area contributed by atoms with E-state index in [0.29, 0.717) is 17.4 Å². The summed E-state index contributed by atoms with van der Waals surface area (Å²) in [7, 11) is 0. The van der Waals surface area contributed by atoms with Crippen molar-refractivity contribution >= 4 is 35.0 Å². The van der Waals surface area contributed by atoms with Crippen molar-refractivity contribution in [3.63, 3.8) is 0 Å². The molecule has 4 heterocycles. The fraction of sp³-hybridized carbons (Fsp3) is 0.455. The molecule has 1 aliphatic carbocycles. The number of aliphatic imine (C=N–C) groups is 1. The number of halogens is 1. The van der Waals surface area contributed by atoms with Crippen molar-refractivity contribution in [3.05, 3.63) is 59.7 Å². The van der Waals surface area contributed by atoms with E-state index in [1.807, 2.05) is 26.1 Å². The number of piperidine rings is 1. The van der Waals surface area contributed by atoms with Gasteiger partial charge in [-0.15, -0.1) is 0 Å². The van der Waals surface area contributed by atoms with Crippen molar-refractivity contribution in [2.45, 2.75) is 77.2 Å². The molecule has 2 N–H and O–H groups in total. The molecule has 3 aromatic rings. The average Bonchev–Trinajstić information content (AvgIpc) is 3.18. The molecule has 3 aliphatic rings. The standard InChI is InChI=1S/C33H39FN6O/c1-4-6-22-16-24(17-22)40-30-18-23(7-8-25(30)33(32(40)41)10-14-35-15-11-33)29-19-28(37-12-5-2)21(3)31(39-29)38-27-9-13-36-20-26(27)34/h7-9,12-13,18-20,22,24,35H,4-6,10-11,14-17H2,1-3H3,(H,36,38,39). The average molecular weight is 555 g/mol. The lowest BCUT2D eigenvalue weighted by Crippen LogP contribution is -2.53. The topological polar surface area (TPSA) is 82.5 Å². The molecule has 0 atom stereocenters. The zero-order valence-corrected chi connectivity index (χ0v) is 24.2. The third-order valence-corrected chi connectivity index (χ3v) is 9.11. The Morgan fingerprint density at radius 1 is 1.20 bits per heavy atom.